The van der Waals surface area contributed by atoms with Gasteiger partial charge in [-0.25, -0.2) is 0 Å². The predicted octanol–water partition coefficient (Wildman–Crippen LogP) is 1.60. The molecule has 154 valence electrons. The number of amides is 4. The van der Waals surface area contributed by atoms with Gasteiger partial charge in [-0.05, 0) is 25.1 Å². The quantitative estimate of drug-likeness (QED) is 0.437. The number of nitro benzene ring substituents is 1. The van der Waals surface area contributed by atoms with E-state index < -0.39 is 40.8 Å². The largest absolute Gasteiger partial charge is 0.335 e. The summed E-state index contributed by atoms with van der Waals surface area (Å²) in [4.78, 5) is 61.7. The minimum atomic E-state index is -0.909. The van der Waals surface area contributed by atoms with Crippen LogP contribution in [0.1, 0.15) is 26.3 Å². The average molecular weight is 410 g/mol. The zero-order valence-corrected chi connectivity index (χ0v) is 16.2. The Labute approximate surface area is 171 Å². The molecule has 0 aromatic heterocycles. The maximum Gasteiger partial charge on any atom is 0.282 e. The number of carbonyl (C=O) groups excluding carboxylic acids is 4. The Bertz CT molecular complexity index is 1060. The maximum atomic E-state index is 12.5. The molecule has 0 atom stereocenters. The number of nitrogens with one attached hydrogen (secondary N) is 1. The van der Waals surface area contributed by atoms with E-state index in [9.17, 15) is 29.3 Å². The number of likely N-dealkylation sites (N-methyl/N-ethyl adjacent to an activating group) is 1. The van der Waals surface area contributed by atoms with Gasteiger partial charge in [0.2, 0.25) is 11.8 Å². The van der Waals surface area contributed by atoms with E-state index in [-0.39, 0.29) is 17.7 Å². The molecule has 1 aliphatic heterocycles. The van der Waals surface area contributed by atoms with Crippen LogP contribution in [0, 0.1) is 17.0 Å². The fourth-order valence-corrected chi connectivity index (χ4v) is 3.01. The molecule has 2 aromatic rings. The molecule has 0 saturated carbocycles. The van der Waals surface area contributed by atoms with Gasteiger partial charge in [-0.2, -0.15) is 0 Å². The van der Waals surface area contributed by atoms with E-state index in [4.69, 9.17) is 0 Å². The number of nitro groups is 1. The number of imide groups is 1. The van der Waals surface area contributed by atoms with Crippen molar-refractivity contribution in [3.63, 3.8) is 0 Å². The second kappa shape index (κ2) is 8.11. The lowest BCUT2D eigenvalue weighted by Crippen LogP contribution is -2.43. The predicted molar refractivity (Wildman–Crippen MR) is 106 cm³/mol. The van der Waals surface area contributed by atoms with Crippen molar-refractivity contribution >= 4 is 35.0 Å². The van der Waals surface area contributed by atoms with Crippen molar-refractivity contribution in [3.05, 3.63) is 69.3 Å². The normalized spacial score (nSPS) is 12.5. The van der Waals surface area contributed by atoms with E-state index in [1.165, 1.54) is 19.2 Å². The summed E-state index contributed by atoms with van der Waals surface area (Å²) in [6, 6.07) is 10.8. The summed E-state index contributed by atoms with van der Waals surface area (Å²) >= 11 is 0. The van der Waals surface area contributed by atoms with E-state index in [0.717, 1.165) is 16.5 Å². The molecule has 1 aliphatic rings. The molecule has 2 aromatic carbocycles. The van der Waals surface area contributed by atoms with E-state index in [1.807, 2.05) is 19.1 Å². The number of hydrogen-bond donors (Lipinski definition) is 1. The fraction of sp³-hybridized carbons (Fsp3) is 0.200. The Kier molecular flexibility index (Phi) is 5.58. The number of benzene rings is 2. The summed E-state index contributed by atoms with van der Waals surface area (Å²) in [5.41, 5.74) is 0.647. The van der Waals surface area contributed by atoms with E-state index >= 15 is 0 Å². The van der Waals surface area contributed by atoms with Crippen LogP contribution in [0.15, 0.2) is 42.5 Å². The van der Waals surface area contributed by atoms with Crippen molar-refractivity contribution in [3.8, 4) is 0 Å². The van der Waals surface area contributed by atoms with Crippen molar-refractivity contribution < 1.29 is 24.1 Å². The summed E-state index contributed by atoms with van der Waals surface area (Å²) in [5.74, 6) is -2.81. The van der Waals surface area contributed by atoms with Crippen molar-refractivity contribution in [2.24, 2.45) is 0 Å². The summed E-state index contributed by atoms with van der Waals surface area (Å²) in [5, 5.41) is 13.8. The number of rotatable bonds is 6. The second-order valence-corrected chi connectivity index (χ2v) is 6.82. The third-order valence-electron chi connectivity index (χ3n) is 4.61. The van der Waals surface area contributed by atoms with Crippen LogP contribution in [-0.2, 0) is 9.59 Å². The standard InChI is InChI=1S/C20H18N4O6/c1-12-6-8-13(9-7-12)21-16(25)10-22(2)17(26)11-23-19(27)14-4-3-5-15(24(29)30)18(14)20(23)28/h3-9H,10-11H2,1-2H3,(H,21,25). The number of fused-ring (bicyclic) bond motifs is 1. The van der Waals surface area contributed by atoms with E-state index in [1.54, 1.807) is 12.1 Å². The topological polar surface area (TPSA) is 130 Å². The first-order valence-electron chi connectivity index (χ1n) is 8.93. The number of aryl methyl sites for hydroxylation is 1. The lowest BCUT2D eigenvalue weighted by Gasteiger charge is -2.20. The number of carbonyl (C=O) groups is 4. The van der Waals surface area contributed by atoms with Crippen LogP contribution in [0.4, 0.5) is 11.4 Å². The monoisotopic (exact) mass is 410 g/mol. The molecular weight excluding hydrogens is 392 g/mol. The van der Waals surface area contributed by atoms with Gasteiger partial charge in [0.1, 0.15) is 12.1 Å². The van der Waals surface area contributed by atoms with Crippen LogP contribution < -0.4 is 5.32 Å². The van der Waals surface area contributed by atoms with Crippen LogP contribution in [0.5, 0.6) is 0 Å². The highest BCUT2D eigenvalue weighted by Gasteiger charge is 2.42. The first-order valence-corrected chi connectivity index (χ1v) is 8.93. The first-order chi connectivity index (χ1) is 14.2. The fourth-order valence-electron chi connectivity index (χ4n) is 3.01. The second-order valence-electron chi connectivity index (χ2n) is 6.82. The Hall–Kier alpha value is -4.08. The molecule has 3 rings (SSSR count). The summed E-state index contributed by atoms with van der Waals surface area (Å²) in [7, 11) is 1.36. The van der Waals surface area contributed by atoms with Gasteiger partial charge in [0, 0.05) is 18.8 Å². The highest BCUT2D eigenvalue weighted by Crippen LogP contribution is 2.30. The molecule has 0 unspecified atom stereocenters. The van der Waals surface area contributed by atoms with Crippen LogP contribution >= 0.6 is 0 Å². The zero-order valence-electron chi connectivity index (χ0n) is 16.2. The molecule has 0 fully saturated rings. The van der Waals surface area contributed by atoms with Gasteiger partial charge < -0.3 is 10.2 Å². The maximum absolute atomic E-state index is 12.5. The minimum Gasteiger partial charge on any atom is -0.335 e. The Morgan fingerprint density at radius 3 is 2.40 bits per heavy atom. The van der Waals surface area contributed by atoms with Crippen molar-refractivity contribution in [1.82, 2.24) is 9.80 Å². The van der Waals surface area contributed by atoms with Crippen LogP contribution in [-0.4, -0.2) is 58.5 Å². The molecule has 30 heavy (non-hydrogen) atoms. The molecule has 10 nitrogen and oxygen atoms in total. The third-order valence-corrected chi connectivity index (χ3v) is 4.61. The van der Waals surface area contributed by atoms with Gasteiger partial charge in [-0.3, -0.25) is 34.2 Å². The number of hydrogen-bond acceptors (Lipinski definition) is 6. The SMILES string of the molecule is Cc1ccc(NC(=O)CN(C)C(=O)CN2C(=O)c3cccc([N+](=O)[O-])c3C2=O)cc1. The van der Waals surface area contributed by atoms with Crippen LogP contribution in [0.2, 0.25) is 0 Å². The van der Waals surface area contributed by atoms with E-state index in [0.29, 0.717) is 10.6 Å². The molecule has 0 bridgehead atoms. The van der Waals surface area contributed by atoms with Gasteiger partial charge in [0.15, 0.2) is 0 Å². The smallest absolute Gasteiger partial charge is 0.282 e. The van der Waals surface area contributed by atoms with Crippen molar-refractivity contribution in [2.75, 3.05) is 25.5 Å². The lowest BCUT2D eigenvalue weighted by molar-refractivity contribution is -0.385. The summed E-state index contributed by atoms with van der Waals surface area (Å²) < 4.78 is 0. The summed E-state index contributed by atoms with van der Waals surface area (Å²) in [6.07, 6.45) is 0. The molecule has 0 saturated heterocycles. The van der Waals surface area contributed by atoms with Crippen molar-refractivity contribution in [2.45, 2.75) is 6.92 Å². The van der Waals surface area contributed by atoms with Gasteiger partial charge in [0.05, 0.1) is 17.0 Å². The van der Waals surface area contributed by atoms with Gasteiger partial charge in [-0.1, -0.05) is 23.8 Å². The Balaban J connectivity index is 1.65. The molecule has 1 N–H and O–H groups in total. The molecule has 0 aliphatic carbocycles. The first kappa shape index (κ1) is 20.6. The molecule has 1 heterocycles. The molecule has 0 radical (unpaired) electrons. The number of anilines is 1. The zero-order chi connectivity index (χ0) is 22.0. The van der Waals surface area contributed by atoms with Crippen LogP contribution in [0.25, 0.3) is 0 Å². The average Bonchev–Trinajstić information content (AvgIpc) is 2.94. The highest BCUT2D eigenvalue weighted by molar-refractivity contribution is 6.24. The highest BCUT2D eigenvalue weighted by atomic mass is 16.6. The van der Waals surface area contributed by atoms with Gasteiger partial charge in [-0.15, -0.1) is 0 Å². The Morgan fingerprint density at radius 2 is 1.77 bits per heavy atom. The molecular formula is C20H18N4O6. The van der Waals surface area contributed by atoms with Gasteiger partial charge in [0.25, 0.3) is 17.5 Å². The molecule has 0 spiro atoms. The summed E-state index contributed by atoms with van der Waals surface area (Å²) in [6.45, 7) is 0.986. The lowest BCUT2D eigenvalue weighted by atomic mass is 10.1. The Morgan fingerprint density at radius 1 is 1.10 bits per heavy atom. The molecule has 4 amide bonds. The number of nitrogens with zero attached hydrogens (tertiary/aromatic N) is 3. The van der Waals surface area contributed by atoms with Crippen molar-refractivity contribution in [1.29, 1.82) is 0 Å². The third kappa shape index (κ3) is 4.02. The molecule has 10 heteroatoms. The van der Waals surface area contributed by atoms with Gasteiger partial charge >= 0.3 is 0 Å². The minimum absolute atomic E-state index is 0.123. The van der Waals surface area contributed by atoms with Crippen LogP contribution in [0.3, 0.4) is 0 Å². The van der Waals surface area contributed by atoms with E-state index in [2.05, 4.69) is 5.32 Å².